The SMILES string of the molecule is CCCCCCCCCCCCC/C=C/CC/C=C/CC/C=C/C(O)C(COC1OC(CO)C(O)C(O)C1O)NC(=O)CCCCCCCCCCCCCCCCCC/C=C\CCCCCCCCCCCCCC. The first-order valence-corrected chi connectivity index (χ1v) is 32.9. The third kappa shape index (κ3) is 44.9. The number of ether oxygens (including phenoxy) is 2. The van der Waals surface area contributed by atoms with Crippen molar-refractivity contribution in [2.75, 3.05) is 13.2 Å². The largest absolute Gasteiger partial charge is 0.394 e. The first-order chi connectivity index (χ1) is 37.3. The van der Waals surface area contributed by atoms with Crippen LogP contribution in [0.25, 0.3) is 0 Å². The molecule has 0 saturated carbocycles. The van der Waals surface area contributed by atoms with Crippen LogP contribution >= 0.6 is 0 Å². The van der Waals surface area contributed by atoms with Gasteiger partial charge in [-0.15, -0.1) is 0 Å². The highest BCUT2D eigenvalue weighted by molar-refractivity contribution is 5.76. The van der Waals surface area contributed by atoms with Gasteiger partial charge in [0.05, 0.1) is 25.4 Å². The van der Waals surface area contributed by atoms with E-state index in [4.69, 9.17) is 9.47 Å². The van der Waals surface area contributed by atoms with Crippen LogP contribution in [0, 0.1) is 0 Å². The number of hydrogen-bond donors (Lipinski definition) is 6. The van der Waals surface area contributed by atoms with Crippen molar-refractivity contribution in [3.63, 3.8) is 0 Å². The molecule has 1 heterocycles. The Bertz CT molecular complexity index is 1340. The second-order valence-electron chi connectivity index (χ2n) is 22.9. The summed E-state index contributed by atoms with van der Waals surface area (Å²) < 4.78 is 11.3. The van der Waals surface area contributed by atoms with Crippen molar-refractivity contribution in [3.05, 3.63) is 48.6 Å². The van der Waals surface area contributed by atoms with Crippen LogP contribution in [0.2, 0.25) is 0 Å². The third-order valence-corrected chi connectivity index (χ3v) is 15.6. The fourth-order valence-corrected chi connectivity index (χ4v) is 10.4. The lowest BCUT2D eigenvalue weighted by atomic mass is 9.99. The summed E-state index contributed by atoms with van der Waals surface area (Å²) in [6.07, 6.45) is 69.2. The van der Waals surface area contributed by atoms with E-state index in [-0.39, 0.29) is 12.5 Å². The number of nitrogens with one attached hydrogen (secondary N) is 1. The van der Waals surface area contributed by atoms with Crippen LogP contribution in [-0.4, -0.2) is 87.5 Å². The number of rotatable bonds is 57. The van der Waals surface area contributed by atoms with Gasteiger partial charge in [0, 0.05) is 6.42 Å². The zero-order chi connectivity index (χ0) is 55.0. The Morgan fingerprint density at radius 3 is 1.11 bits per heavy atom. The fourth-order valence-electron chi connectivity index (χ4n) is 10.4. The number of allylic oxidation sites excluding steroid dienone is 7. The third-order valence-electron chi connectivity index (χ3n) is 15.6. The highest BCUT2D eigenvalue weighted by Gasteiger charge is 2.44. The molecule has 7 unspecified atom stereocenters. The smallest absolute Gasteiger partial charge is 0.220 e. The average molecular weight is 1070 g/mol. The molecule has 1 fully saturated rings. The molecule has 9 nitrogen and oxygen atoms in total. The van der Waals surface area contributed by atoms with Crippen molar-refractivity contribution in [2.45, 2.75) is 358 Å². The molecule has 0 aromatic rings. The average Bonchev–Trinajstić information content (AvgIpc) is 3.42. The van der Waals surface area contributed by atoms with Crippen LogP contribution in [0.3, 0.4) is 0 Å². The summed E-state index contributed by atoms with van der Waals surface area (Å²) in [4.78, 5) is 13.1. The normalized spacial score (nSPS) is 19.1. The van der Waals surface area contributed by atoms with E-state index < -0.39 is 49.5 Å². The van der Waals surface area contributed by atoms with E-state index in [9.17, 15) is 30.3 Å². The number of carbonyl (C=O) groups is 1. The van der Waals surface area contributed by atoms with Gasteiger partial charge in [-0.3, -0.25) is 4.79 Å². The van der Waals surface area contributed by atoms with Crippen molar-refractivity contribution in [3.8, 4) is 0 Å². The van der Waals surface area contributed by atoms with Crippen LogP contribution in [0.1, 0.15) is 316 Å². The second-order valence-corrected chi connectivity index (χ2v) is 22.9. The predicted octanol–water partition coefficient (Wildman–Crippen LogP) is 17.2. The highest BCUT2D eigenvalue weighted by atomic mass is 16.7. The minimum absolute atomic E-state index is 0.186. The predicted molar refractivity (Wildman–Crippen MR) is 323 cm³/mol. The summed E-state index contributed by atoms with van der Waals surface area (Å²) in [6.45, 7) is 3.79. The summed E-state index contributed by atoms with van der Waals surface area (Å²) in [7, 11) is 0. The number of unbranched alkanes of at least 4 members (excludes halogenated alkanes) is 41. The van der Waals surface area contributed by atoms with Gasteiger partial charge in [0.25, 0.3) is 0 Å². The highest BCUT2D eigenvalue weighted by Crippen LogP contribution is 2.23. The van der Waals surface area contributed by atoms with Crippen molar-refractivity contribution in [1.82, 2.24) is 5.32 Å². The molecule has 7 atom stereocenters. The molecule has 0 aromatic carbocycles. The summed E-state index contributed by atoms with van der Waals surface area (Å²) >= 11 is 0. The van der Waals surface area contributed by atoms with Gasteiger partial charge in [-0.2, -0.15) is 0 Å². The molecule has 76 heavy (non-hydrogen) atoms. The topological polar surface area (TPSA) is 149 Å². The molecular formula is C67H125NO8. The molecule has 9 heteroatoms. The summed E-state index contributed by atoms with van der Waals surface area (Å²) in [6, 6.07) is -0.829. The van der Waals surface area contributed by atoms with Gasteiger partial charge in [-0.05, 0) is 70.6 Å². The maximum Gasteiger partial charge on any atom is 0.220 e. The molecule has 0 aliphatic carbocycles. The zero-order valence-electron chi connectivity index (χ0n) is 49.8. The number of aliphatic hydroxyl groups is 5. The number of hydrogen-bond acceptors (Lipinski definition) is 8. The van der Waals surface area contributed by atoms with E-state index in [0.29, 0.717) is 6.42 Å². The molecule has 6 N–H and O–H groups in total. The quantitative estimate of drug-likeness (QED) is 0.0261. The number of aliphatic hydroxyl groups excluding tert-OH is 5. The minimum Gasteiger partial charge on any atom is -0.394 e. The lowest BCUT2D eigenvalue weighted by Crippen LogP contribution is -2.60. The molecule has 1 saturated heterocycles. The van der Waals surface area contributed by atoms with Crippen LogP contribution < -0.4 is 5.32 Å². The van der Waals surface area contributed by atoms with Gasteiger partial charge in [-0.25, -0.2) is 0 Å². The summed E-state index contributed by atoms with van der Waals surface area (Å²) in [5, 5.41) is 54.6. The van der Waals surface area contributed by atoms with Gasteiger partial charge in [0.15, 0.2) is 6.29 Å². The van der Waals surface area contributed by atoms with Crippen molar-refractivity contribution >= 4 is 5.91 Å². The van der Waals surface area contributed by atoms with E-state index in [2.05, 4.69) is 55.6 Å². The van der Waals surface area contributed by atoms with Crippen molar-refractivity contribution in [2.24, 2.45) is 0 Å². The monoisotopic (exact) mass is 1070 g/mol. The van der Waals surface area contributed by atoms with Crippen molar-refractivity contribution < 1.29 is 39.8 Å². The Labute approximate surface area is 469 Å². The van der Waals surface area contributed by atoms with E-state index in [0.717, 1.165) is 44.9 Å². The maximum absolute atomic E-state index is 13.1. The van der Waals surface area contributed by atoms with Crippen LogP contribution in [0.5, 0.6) is 0 Å². The first kappa shape index (κ1) is 72.2. The zero-order valence-corrected chi connectivity index (χ0v) is 49.8. The molecule has 1 aliphatic heterocycles. The summed E-state index contributed by atoms with van der Waals surface area (Å²) in [5.41, 5.74) is 0. The van der Waals surface area contributed by atoms with Gasteiger partial charge < -0.3 is 40.3 Å². The molecule has 446 valence electrons. The fraction of sp³-hybridized carbons (Fsp3) is 0.866. The lowest BCUT2D eigenvalue weighted by Gasteiger charge is -2.40. The summed E-state index contributed by atoms with van der Waals surface area (Å²) in [5.74, 6) is -0.186. The van der Waals surface area contributed by atoms with Crippen LogP contribution in [-0.2, 0) is 14.3 Å². The minimum atomic E-state index is -1.58. The van der Waals surface area contributed by atoms with Gasteiger partial charge in [0.2, 0.25) is 5.91 Å². The van der Waals surface area contributed by atoms with Crippen molar-refractivity contribution in [1.29, 1.82) is 0 Å². The molecule has 1 aliphatic rings. The second kappa shape index (κ2) is 56.4. The van der Waals surface area contributed by atoms with E-state index in [1.165, 1.54) is 250 Å². The molecule has 0 radical (unpaired) electrons. The molecule has 1 amide bonds. The van der Waals surface area contributed by atoms with Gasteiger partial charge in [0.1, 0.15) is 24.4 Å². The lowest BCUT2D eigenvalue weighted by molar-refractivity contribution is -0.302. The molecular weight excluding hydrogens is 947 g/mol. The molecule has 0 bridgehead atoms. The van der Waals surface area contributed by atoms with Gasteiger partial charge in [-0.1, -0.05) is 287 Å². The van der Waals surface area contributed by atoms with E-state index in [1.54, 1.807) is 6.08 Å². The van der Waals surface area contributed by atoms with Crippen LogP contribution in [0.15, 0.2) is 48.6 Å². The Morgan fingerprint density at radius 2 is 0.750 bits per heavy atom. The van der Waals surface area contributed by atoms with E-state index in [1.807, 2.05) is 6.08 Å². The Balaban J connectivity index is 2.16. The van der Waals surface area contributed by atoms with Gasteiger partial charge >= 0.3 is 0 Å². The Morgan fingerprint density at radius 1 is 0.434 bits per heavy atom. The Hall–Kier alpha value is -1.85. The molecule has 1 rings (SSSR count). The van der Waals surface area contributed by atoms with Crippen LogP contribution in [0.4, 0.5) is 0 Å². The maximum atomic E-state index is 13.1. The molecule has 0 aromatic heterocycles. The molecule has 0 spiro atoms. The van der Waals surface area contributed by atoms with E-state index >= 15 is 0 Å². The standard InChI is InChI=1S/C67H125NO8/c1-3-5-7-9-11-13-15-17-19-21-23-25-26-27-28-29-30-31-32-33-34-35-37-39-41-43-45-47-49-51-53-55-57-63(71)68-60(59-75-67-66(74)65(73)64(72)62(58-69)76-67)61(70)56-54-52-50-48-46-44-42-40-38-36-24-22-20-18-16-14-12-10-8-6-4-2/h27-28,38,40,46,48,54,56,60-62,64-67,69-70,72-74H,3-26,29-37,39,41-45,47,49-53,55,57-59H2,1-2H3,(H,68,71)/b28-27-,40-38+,48-46+,56-54+. The first-order valence-electron chi connectivity index (χ1n) is 32.9. The Kier molecular flexibility index (Phi) is 53.6. The number of carbonyl (C=O) groups excluding carboxylic acids is 1. The number of amides is 1.